The second-order valence-corrected chi connectivity index (χ2v) is 11.9. The molecule has 0 aliphatic carbocycles. The van der Waals surface area contributed by atoms with Crippen LogP contribution in [-0.2, 0) is 20.6 Å². The molecule has 1 aromatic heterocycles. The van der Waals surface area contributed by atoms with E-state index < -0.39 is 64.7 Å². The zero-order valence-electron chi connectivity index (χ0n) is 21.7. The number of carbonyl (C=O) groups excluding carboxylic acids is 3. The van der Waals surface area contributed by atoms with E-state index in [-0.39, 0.29) is 16.3 Å². The smallest absolute Gasteiger partial charge is 0.418 e. The van der Waals surface area contributed by atoms with Gasteiger partial charge in [0.1, 0.15) is 16.8 Å². The van der Waals surface area contributed by atoms with Crippen LogP contribution in [0.3, 0.4) is 0 Å². The molecule has 43 heavy (non-hydrogen) atoms. The van der Waals surface area contributed by atoms with Crippen LogP contribution < -0.4 is 19.8 Å². The van der Waals surface area contributed by atoms with E-state index in [0.29, 0.717) is 15.5 Å². The van der Waals surface area contributed by atoms with Crippen molar-refractivity contribution in [1.29, 1.82) is 0 Å². The fraction of sp³-hybridized carbons (Fsp3) is 0.172. The molecule has 0 bridgehead atoms. The Kier molecular flexibility index (Phi) is 7.34. The zero-order valence-corrected chi connectivity index (χ0v) is 23.3. The van der Waals surface area contributed by atoms with Crippen molar-refractivity contribution in [3.8, 4) is 5.75 Å². The number of hydrogen-bond acceptors (Lipinski definition) is 7. The summed E-state index contributed by atoms with van der Waals surface area (Å²) in [5, 5.41) is 1.86. The SMILES string of the molecule is O=C(COc1ccc(C2c3sc(=O)[nH]c3SC3C(=O)N(c4ccc(F)cc4)C(=O)C32)cc1)Nc1ccccc1C(F)(F)F. The first-order valence-corrected chi connectivity index (χ1v) is 14.4. The summed E-state index contributed by atoms with van der Waals surface area (Å²) in [7, 11) is 0. The fourth-order valence-electron chi connectivity index (χ4n) is 5.17. The van der Waals surface area contributed by atoms with Gasteiger partial charge in [-0.25, -0.2) is 9.29 Å². The van der Waals surface area contributed by atoms with Gasteiger partial charge in [-0.1, -0.05) is 47.4 Å². The third-order valence-corrected chi connectivity index (χ3v) is 9.43. The maximum Gasteiger partial charge on any atom is 0.418 e. The van der Waals surface area contributed by atoms with Crippen molar-refractivity contribution in [2.45, 2.75) is 22.4 Å². The number of nitrogens with one attached hydrogen (secondary N) is 2. The Morgan fingerprint density at radius 2 is 1.65 bits per heavy atom. The predicted molar refractivity (Wildman–Crippen MR) is 151 cm³/mol. The van der Waals surface area contributed by atoms with Crippen molar-refractivity contribution in [2.24, 2.45) is 5.92 Å². The van der Waals surface area contributed by atoms with Crippen LogP contribution in [0.1, 0.15) is 21.9 Å². The number of thiazole rings is 1. The first-order chi connectivity index (χ1) is 20.5. The molecule has 1 fully saturated rings. The van der Waals surface area contributed by atoms with E-state index in [0.717, 1.165) is 52.3 Å². The van der Waals surface area contributed by atoms with E-state index in [1.165, 1.54) is 36.4 Å². The third kappa shape index (κ3) is 5.43. The number of aromatic nitrogens is 1. The molecule has 2 aliphatic rings. The van der Waals surface area contributed by atoms with Crippen molar-refractivity contribution in [3.63, 3.8) is 0 Å². The highest BCUT2D eigenvalue weighted by Crippen LogP contribution is 2.53. The van der Waals surface area contributed by atoms with Gasteiger partial charge in [0.25, 0.3) is 5.91 Å². The van der Waals surface area contributed by atoms with Gasteiger partial charge in [-0.05, 0) is 54.1 Å². The highest BCUT2D eigenvalue weighted by Gasteiger charge is 2.56. The number of H-pyrrole nitrogens is 1. The van der Waals surface area contributed by atoms with Crippen molar-refractivity contribution >= 4 is 52.2 Å². The van der Waals surface area contributed by atoms with Crippen LogP contribution in [-0.4, -0.2) is 34.6 Å². The van der Waals surface area contributed by atoms with Crippen molar-refractivity contribution in [2.75, 3.05) is 16.8 Å². The summed E-state index contributed by atoms with van der Waals surface area (Å²) in [5.41, 5.74) is -0.539. The van der Waals surface area contributed by atoms with Crippen molar-refractivity contribution < 1.29 is 36.7 Å². The highest BCUT2D eigenvalue weighted by molar-refractivity contribution is 8.00. The molecule has 3 aromatic carbocycles. The Bertz CT molecular complexity index is 1790. The first kappa shape index (κ1) is 28.7. The Morgan fingerprint density at radius 1 is 0.953 bits per heavy atom. The van der Waals surface area contributed by atoms with Gasteiger partial charge in [-0.15, -0.1) is 0 Å². The number of benzene rings is 3. The maximum atomic E-state index is 13.7. The average molecular weight is 630 g/mol. The van der Waals surface area contributed by atoms with E-state index in [1.54, 1.807) is 12.1 Å². The number of halogens is 4. The summed E-state index contributed by atoms with van der Waals surface area (Å²) in [6.07, 6.45) is -4.65. The molecule has 2 aliphatic heterocycles. The molecule has 0 spiro atoms. The minimum absolute atomic E-state index is 0.231. The molecule has 14 heteroatoms. The average Bonchev–Trinajstić information content (AvgIpc) is 3.46. The number of rotatable bonds is 6. The van der Waals surface area contributed by atoms with E-state index in [1.807, 2.05) is 0 Å². The lowest BCUT2D eigenvalue weighted by molar-refractivity contribution is -0.137. The third-order valence-electron chi connectivity index (χ3n) is 7.02. The van der Waals surface area contributed by atoms with E-state index in [9.17, 15) is 36.7 Å². The Hall–Kier alpha value is -4.43. The van der Waals surface area contributed by atoms with Crippen molar-refractivity contribution in [3.05, 3.63) is 104 Å². The molecule has 1 saturated heterocycles. The number of para-hydroxylation sites is 1. The molecule has 4 aromatic rings. The normalized spacial score (nSPS) is 19.6. The monoisotopic (exact) mass is 629 g/mol. The molecular formula is C29H19F4N3O5S2. The molecule has 2 N–H and O–H groups in total. The summed E-state index contributed by atoms with van der Waals surface area (Å²) in [5.74, 6) is -3.57. The van der Waals surface area contributed by atoms with E-state index in [4.69, 9.17) is 4.74 Å². The summed E-state index contributed by atoms with van der Waals surface area (Å²) < 4.78 is 58.7. The Morgan fingerprint density at radius 3 is 2.35 bits per heavy atom. The van der Waals surface area contributed by atoms with Gasteiger partial charge in [0, 0.05) is 10.8 Å². The number of fused-ring (bicyclic) bond motifs is 2. The summed E-state index contributed by atoms with van der Waals surface area (Å²) in [6.45, 7) is -0.570. The molecule has 3 atom stereocenters. The zero-order chi connectivity index (χ0) is 30.5. The van der Waals surface area contributed by atoms with Crippen LogP contribution in [0.15, 0.2) is 82.6 Å². The molecule has 6 rings (SSSR count). The fourth-order valence-corrected chi connectivity index (χ4v) is 7.68. The summed E-state index contributed by atoms with van der Waals surface area (Å²) in [4.78, 5) is 55.7. The van der Waals surface area contributed by atoms with Crippen LogP contribution >= 0.6 is 23.1 Å². The Balaban J connectivity index is 1.22. The van der Waals surface area contributed by atoms with Gasteiger partial charge in [-0.3, -0.25) is 19.2 Å². The molecule has 3 unspecified atom stereocenters. The maximum absolute atomic E-state index is 13.7. The molecule has 3 heterocycles. The summed E-state index contributed by atoms with van der Waals surface area (Å²) in [6, 6.07) is 15.9. The number of aromatic amines is 1. The quantitative estimate of drug-likeness (QED) is 0.218. The van der Waals surface area contributed by atoms with Gasteiger partial charge in [0.2, 0.25) is 11.8 Å². The first-order valence-electron chi connectivity index (χ1n) is 12.7. The van der Waals surface area contributed by atoms with Gasteiger partial charge in [-0.2, -0.15) is 13.2 Å². The van der Waals surface area contributed by atoms with Crippen molar-refractivity contribution in [1.82, 2.24) is 4.98 Å². The lowest BCUT2D eigenvalue weighted by Crippen LogP contribution is -2.32. The van der Waals surface area contributed by atoms with Crippen LogP contribution in [0.2, 0.25) is 0 Å². The minimum Gasteiger partial charge on any atom is -0.484 e. The number of hydrogen-bond donors (Lipinski definition) is 2. The van der Waals surface area contributed by atoms with Gasteiger partial charge in [0.05, 0.1) is 27.9 Å². The molecule has 0 radical (unpaired) electrons. The number of amides is 3. The second-order valence-electron chi connectivity index (χ2n) is 9.69. The van der Waals surface area contributed by atoms with E-state index in [2.05, 4.69) is 10.3 Å². The summed E-state index contributed by atoms with van der Waals surface area (Å²) >= 11 is 2.05. The second kappa shape index (κ2) is 11.0. The van der Waals surface area contributed by atoms with Gasteiger partial charge >= 0.3 is 11.0 Å². The highest BCUT2D eigenvalue weighted by atomic mass is 32.2. The lowest BCUT2D eigenvalue weighted by atomic mass is 9.83. The van der Waals surface area contributed by atoms with Gasteiger partial charge in [0.15, 0.2) is 6.61 Å². The molecule has 3 amide bonds. The lowest BCUT2D eigenvalue weighted by Gasteiger charge is -2.29. The molecule has 0 saturated carbocycles. The number of ether oxygens (including phenoxy) is 1. The molecule has 8 nitrogen and oxygen atoms in total. The topological polar surface area (TPSA) is 109 Å². The number of thioether (sulfide) groups is 1. The predicted octanol–water partition coefficient (Wildman–Crippen LogP) is 5.41. The molecular weight excluding hydrogens is 610 g/mol. The number of alkyl halides is 3. The van der Waals surface area contributed by atoms with Gasteiger partial charge < -0.3 is 15.0 Å². The number of anilines is 2. The molecule has 220 valence electrons. The standard InChI is InChI=1S/C29H19F4N3O5S2/c30-15-7-9-16(10-8-15)36-26(38)22-21(23-25(35-28(40)43-23)42-24(22)27(36)39)14-5-11-17(12-6-14)41-13-20(37)34-19-4-2-1-3-18(19)29(31,32)33/h1-12,21-22,24H,13H2,(H,34,37)(H,35,40). The number of imide groups is 1. The van der Waals surface area contributed by atoms with Crippen LogP contribution in [0.4, 0.5) is 28.9 Å². The van der Waals surface area contributed by atoms with E-state index >= 15 is 0 Å². The largest absolute Gasteiger partial charge is 0.484 e. The Labute approximate surface area is 248 Å². The number of nitrogens with zero attached hydrogens (tertiary/aromatic N) is 1. The van der Waals surface area contributed by atoms with Crippen LogP contribution in [0.25, 0.3) is 0 Å². The van der Waals surface area contributed by atoms with Crippen LogP contribution in [0, 0.1) is 11.7 Å². The number of carbonyl (C=O) groups is 3. The van der Waals surface area contributed by atoms with Crippen LogP contribution in [0.5, 0.6) is 5.75 Å². The minimum atomic E-state index is -4.65.